The largest absolute Gasteiger partial charge is 0.437 e. The Labute approximate surface area is 198 Å². The fourth-order valence-corrected chi connectivity index (χ4v) is 4.44. The van der Waals surface area contributed by atoms with Gasteiger partial charge in [0.1, 0.15) is 5.69 Å². The van der Waals surface area contributed by atoms with Crippen LogP contribution in [0.4, 0.5) is 11.4 Å². The van der Waals surface area contributed by atoms with Gasteiger partial charge in [-0.15, -0.1) is 0 Å². The third-order valence-electron chi connectivity index (χ3n) is 5.64. The van der Waals surface area contributed by atoms with E-state index >= 15 is 0 Å². The van der Waals surface area contributed by atoms with Gasteiger partial charge in [0.2, 0.25) is 0 Å². The Hall–Kier alpha value is -3.35. The van der Waals surface area contributed by atoms with Gasteiger partial charge in [-0.25, -0.2) is 18.4 Å². The van der Waals surface area contributed by atoms with Gasteiger partial charge in [0.05, 0.1) is 22.5 Å². The summed E-state index contributed by atoms with van der Waals surface area (Å²) in [5.41, 5.74) is 2.03. The highest BCUT2D eigenvalue weighted by Crippen LogP contribution is 2.26. The van der Waals surface area contributed by atoms with Crippen LogP contribution >= 0.6 is 0 Å². The third-order valence-corrected chi connectivity index (χ3v) is 6.75. The molecular formula is C22H25BN6O4S. The highest BCUT2D eigenvalue weighted by atomic mass is 32.2. The molecule has 1 fully saturated rings. The van der Waals surface area contributed by atoms with Gasteiger partial charge in [0.15, 0.2) is 15.7 Å². The molecule has 1 aromatic carbocycles. The fourth-order valence-electron chi connectivity index (χ4n) is 3.77. The molecule has 176 valence electrons. The maximum absolute atomic E-state index is 13.0. The number of nitrogens with one attached hydrogen (secondary N) is 1. The molecule has 0 saturated carbocycles. The van der Waals surface area contributed by atoms with Crippen molar-refractivity contribution in [1.29, 1.82) is 0 Å². The second-order valence-electron chi connectivity index (χ2n) is 8.07. The molecule has 0 atom stereocenters. The van der Waals surface area contributed by atoms with Crippen molar-refractivity contribution in [3.8, 4) is 11.4 Å². The number of amides is 1. The summed E-state index contributed by atoms with van der Waals surface area (Å²) in [4.78, 5) is 30.0. The molecule has 1 aliphatic heterocycles. The van der Waals surface area contributed by atoms with Crippen LogP contribution < -0.4 is 10.2 Å². The van der Waals surface area contributed by atoms with Gasteiger partial charge in [-0.3, -0.25) is 9.78 Å². The molecule has 3 aromatic rings. The molecule has 0 radical (unpaired) electrons. The van der Waals surface area contributed by atoms with Crippen LogP contribution in [0.25, 0.3) is 11.4 Å². The summed E-state index contributed by atoms with van der Waals surface area (Å²) < 4.78 is 23.8. The lowest BCUT2D eigenvalue weighted by molar-refractivity contribution is 0.102. The summed E-state index contributed by atoms with van der Waals surface area (Å²) in [5, 5.41) is 12.7. The van der Waals surface area contributed by atoms with Crippen LogP contribution in [-0.4, -0.2) is 78.6 Å². The zero-order valence-electron chi connectivity index (χ0n) is 18.9. The number of benzene rings is 1. The molecule has 0 spiro atoms. The van der Waals surface area contributed by atoms with E-state index in [0.29, 0.717) is 37.4 Å². The van der Waals surface area contributed by atoms with Gasteiger partial charge in [0, 0.05) is 50.4 Å². The maximum Gasteiger partial charge on any atom is 0.376 e. The van der Waals surface area contributed by atoms with Crippen molar-refractivity contribution >= 4 is 34.2 Å². The van der Waals surface area contributed by atoms with Crippen molar-refractivity contribution in [2.75, 3.05) is 42.7 Å². The van der Waals surface area contributed by atoms with E-state index in [-0.39, 0.29) is 16.4 Å². The summed E-state index contributed by atoms with van der Waals surface area (Å²) in [7, 11) is -3.88. The normalized spacial score (nSPS) is 14.6. The molecule has 0 bridgehead atoms. The predicted molar refractivity (Wildman–Crippen MR) is 130 cm³/mol. The number of sulfone groups is 1. The highest BCUT2D eigenvalue weighted by molar-refractivity contribution is 7.90. The lowest BCUT2D eigenvalue weighted by Crippen LogP contribution is -2.51. The Kier molecular flexibility index (Phi) is 6.91. The van der Waals surface area contributed by atoms with Crippen LogP contribution in [-0.2, 0) is 9.84 Å². The molecule has 12 heteroatoms. The van der Waals surface area contributed by atoms with E-state index in [1.165, 1.54) is 24.4 Å². The number of aromatic nitrogens is 3. The molecule has 0 aliphatic carbocycles. The molecule has 2 N–H and O–H groups in total. The number of hydrogen-bond acceptors (Lipinski definition) is 9. The van der Waals surface area contributed by atoms with Gasteiger partial charge >= 0.3 is 7.05 Å². The fraction of sp³-hybridized carbons (Fsp3) is 0.273. The van der Waals surface area contributed by atoms with Crippen LogP contribution in [0.1, 0.15) is 10.5 Å². The number of carbonyl (C=O) groups is 1. The number of piperazine rings is 1. The first-order valence-corrected chi connectivity index (χ1v) is 12.7. The van der Waals surface area contributed by atoms with E-state index < -0.39 is 22.8 Å². The average Bonchev–Trinajstić information content (AvgIpc) is 2.84. The molecule has 1 aliphatic rings. The smallest absolute Gasteiger partial charge is 0.376 e. The first kappa shape index (κ1) is 23.8. The number of pyridine rings is 1. The van der Waals surface area contributed by atoms with Crippen LogP contribution in [0.5, 0.6) is 0 Å². The topological polar surface area (TPSA) is 129 Å². The first-order valence-electron chi connectivity index (χ1n) is 10.8. The van der Waals surface area contributed by atoms with Crippen LogP contribution in [0.2, 0.25) is 6.82 Å². The molecular weight excluding hydrogens is 455 g/mol. The lowest BCUT2D eigenvalue weighted by Gasteiger charge is -2.37. The zero-order valence-corrected chi connectivity index (χ0v) is 19.7. The number of hydrogen-bond donors (Lipinski definition) is 2. The average molecular weight is 480 g/mol. The molecule has 4 rings (SSSR count). The SMILES string of the molecule is CB(O)N1CCN(c2ccncc2NC(=O)c2ccnc(-c3cccc(S(C)(=O)=O)c3)n2)CC1. The van der Waals surface area contributed by atoms with E-state index in [1.807, 2.05) is 10.9 Å². The summed E-state index contributed by atoms with van der Waals surface area (Å²) in [6, 6.07) is 9.63. The standard InChI is InChI=1S/C22H25BN6O4S/c1-23(31)29-12-10-28(11-13-29)20-7-8-24-15-19(20)27-22(30)18-6-9-25-21(26-18)16-4-3-5-17(14-16)34(2,32)33/h3-9,14-15,31H,10-13H2,1-2H3,(H,27,30). The number of carbonyl (C=O) groups excluding carboxylic acids is 1. The molecule has 10 nitrogen and oxygen atoms in total. The predicted octanol–water partition coefficient (Wildman–Crippen LogP) is 1.43. The minimum absolute atomic E-state index is 0.142. The third kappa shape index (κ3) is 5.41. The Balaban J connectivity index is 1.54. The summed E-state index contributed by atoms with van der Waals surface area (Å²) in [5.74, 6) is -0.182. The minimum atomic E-state index is -3.39. The molecule has 2 aromatic heterocycles. The van der Waals surface area contributed by atoms with E-state index in [4.69, 9.17) is 0 Å². The summed E-state index contributed by atoms with van der Waals surface area (Å²) in [6.07, 6.45) is 5.85. The molecule has 34 heavy (non-hydrogen) atoms. The van der Waals surface area contributed by atoms with Gasteiger partial charge in [0.25, 0.3) is 5.91 Å². The van der Waals surface area contributed by atoms with Gasteiger partial charge in [-0.05, 0) is 31.1 Å². The zero-order chi connectivity index (χ0) is 24.3. The molecule has 1 saturated heterocycles. The van der Waals surface area contributed by atoms with E-state index in [2.05, 4.69) is 25.2 Å². The highest BCUT2D eigenvalue weighted by Gasteiger charge is 2.24. The summed E-state index contributed by atoms with van der Waals surface area (Å²) in [6.45, 7) is 4.56. The monoisotopic (exact) mass is 480 g/mol. The van der Waals surface area contributed by atoms with E-state index in [9.17, 15) is 18.2 Å². The summed E-state index contributed by atoms with van der Waals surface area (Å²) >= 11 is 0. The van der Waals surface area contributed by atoms with Gasteiger partial charge < -0.3 is 20.1 Å². The maximum atomic E-state index is 13.0. The van der Waals surface area contributed by atoms with E-state index in [1.54, 1.807) is 31.3 Å². The molecule has 0 unspecified atom stereocenters. The van der Waals surface area contributed by atoms with Crippen LogP contribution in [0.3, 0.4) is 0 Å². The van der Waals surface area contributed by atoms with E-state index in [0.717, 1.165) is 11.9 Å². The van der Waals surface area contributed by atoms with Crippen LogP contribution in [0.15, 0.2) is 59.9 Å². The van der Waals surface area contributed by atoms with Gasteiger partial charge in [-0.1, -0.05) is 12.1 Å². The quantitative estimate of drug-likeness (QED) is 0.504. The Bertz CT molecular complexity index is 1300. The first-order chi connectivity index (χ1) is 16.2. The van der Waals surface area contributed by atoms with Crippen LogP contribution in [0, 0.1) is 0 Å². The number of nitrogens with zero attached hydrogens (tertiary/aromatic N) is 5. The minimum Gasteiger partial charge on any atom is -0.437 e. The Morgan fingerprint density at radius 1 is 1.12 bits per heavy atom. The van der Waals surface area contributed by atoms with Crippen molar-refractivity contribution < 1.29 is 18.2 Å². The lowest BCUT2D eigenvalue weighted by atomic mass is 9.84. The Morgan fingerprint density at radius 2 is 1.88 bits per heavy atom. The Morgan fingerprint density at radius 3 is 2.59 bits per heavy atom. The second kappa shape index (κ2) is 9.88. The van der Waals surface area contributed by atoms with Crippen molar-refractivity contribution in [1.82, 2.24) is 19.8 Å². The molecule has 3 heterocycles. The van der Waals surface area contributed by atoms with Crippen molar-refractivity contribution in [2.45, 2.75) is 11.7 Å². The van der Waals surface area contributed by atoms with Crippen molar-refractivity contribution in [3.63, 3.8) is 0 Å². The molecule has 1 amide bonds. The van der Waals surface area contributed by atoms with Gasteiger partial charge in [-0.2, -0.15) is 0 Å². The van der Waals surface area contributed by atoms with Crippen molar-refractivity contribution in [2.24, 2.45) is 0 Å². The number of rotatable bonds is 6. The van der Waals surface area contributed by atoms with Crippen molar-refractivity contribution in [3.05, 3.63) is 60.7 Å². The second-order valence-corrected chi connectivity index (χ2v) is 10.1. The number of anilines is 2.